The van der Waals surface area contributed by atoms with Gasteiger partial charge in [-0.3, -0.25) is 9.59 Å². The summed E-state index contributed by atoms with van der Waals surface area (Å²) in [5.74, 6) is -0.535. The lowest BCUT2D eigenvalue weighted by atomic mass is 10.2. The monoisotopic (exact) mass is 241 g/mol. The van der Waals surface area contributed by atoms with E-state index in [1.807, 2.05) is 13.0 Å². The van der Waals surface area contributed by atoms with Crippen LogP contribution in [-0.4, -0.2) is 25.2 Å². The molecule has 5 heteroatoms. The van der Waals surface area contributed by atoms with E-state index in [1.165, 1.54) is 0 Å². The summed E-state index contributed by atoms with van der Waals surface area (Å²) in [6.45, 7) is 2.54. The van der Waals surface area contributed by atoms with Crippen LogP contribution < -0.4 is 0 Å². The van der Waals surface area contributed by atoms with Crippen LogP contribution in [0.5, 0.6) is 0 Å². The van der Waals surface area contributed by atoms with Crippen LogP contribution in [0.15, 0.2) is 0 Å². The van der Waals surface area contributed by atoms with Gasteiger partial charge in [0.15, 0.2) is 0 Å². The number of nitrogens with zero attached hydrogens (tertiary/aromatic N) is 1. The lowest BCUT2D eigenvalue weighted by Gasteiger charge is -2.03. The molecule has 96 valence electrons. The fraction of sp³-hybridized carbons (Fsp3) is 0.750. The molecule has 0 saturated carbocycles. The summed E-state index contributed by atoms with van der Waals surface area (Å²) < 4.78 is 9.66. The van der Waals surface area contributed by atoms with Crippen LogP contribution in [0.1, 0.15) is 45.4 Å². The van der Waals surface area contributed by atoms with E-state index in [4.69, 9.17) is 14.7 Å². The van der Waals surface area contributed by atoms with Crippen molar-refractivity contribution in [2.45, 2.75) is 45.4 Å². The van der Waals surface area contributed by atoms with Crippen molar-refractivity contribution >= 4 is 11.9 Å². The molecular formula is C12H19NO4. The molecule has 0 saturated heterocycles. The van der Waals surface area contributed by atoms with E-state index >= 15 is 0 Å². The lowest BCUT2D eigenvalue weighted by Crippen LogP contribution is -2.07. The Morgan fingerprint density at radius 2 is 1.59 bits per heavy atom. The van der Waals surface area contributed by atoms with Crippen LogP contribution in [-0.2, 0) is 19.1 Å². The van der Waals surface area contributed by atoms with Crippen molar-refractivity contribution in [2.24, 2.45) is 0 Å². The van der Waals surface area contributed by atoms with Crippen molar-refractivity contribution in [3.05, 3.63) is 0 Å². The zero-order valence-corrected chi connectivity index (χ0v) is 10.2. The molecule has 0 heterocycles. The summed E-state index contributed by atoms with van der Waals surface area (Å²) >= 11 is 0. The summed E-state index contributed by atoms with van der Waals surface area (Å²) in [5.41, 5.74) is 0. The van der Waals surface area contributed by atoms with Gasteiger partial charge in [0.25, 0.3) is 0 Å². The molecule has 0 aliphatic carbocycles. The van der Waals surface area contributed by atoms with Gasteiger partial charge in [-0.2, -0.15) is 5.26 Å². The Kier molecular flexibility index (Phi) is 9.92. The summed E-state index contributed by atoms with van der Waals surface area (Å²) in [5, 5.41) is 8.23. The number of rotatable bonds is 9. The first-order chi connectivity index (χ1) is 8.20. The smallest absolute Gasteiger partial charge is 0.305 e. The third-order valence-corrected chi connectivity index (χ3v) is 1.96. The fourth-order valence-electron chi connectivity index (χ4n) is 1.11. The molecule has 0 aromatic carbocycles. The molecule has 0 amide bonds. The first kappa shape index (κ1) is 15.4. The van der Waals surface area contributed by atoms with Gasteiger partial charge in [0.1, 0.15) is 6.61 Å². The van der Waals surface area contributed by atoms with Gasteiger partial charge in [-0.15, -0.1) is 0 Å². The molecule has 0 radical (unpaired) electrons. The quantitative estimate of drug-likeness (QED) is 0.455. The summed E-state index contributed by atoms with van der Waals surface area (Å²) in [6, 6.07) is 1.89. The van der Waals surface area contributed by atoms with Crippen LogP contribution >= 0.6 is 0 Å². The number of carbonyl (C=O) groups excluding carboxylic acids is 2. The number of ether oxygens (including phenoxy) is 2. The Labute approximate surface area is 102 Å². The SMILES string of the molecule is CCCOC(=O)CCCCC(=O)OCCC#N. The molecule has 0 rings (SSSR count). The third-order valence-electron chi connectivity index (χ3n) is 1.96. The molecule has 0 N–H and O–H groups in total. The summed E-state index contributed by atoms with van der Waals surface area (Å²) in [7, 11) is 0. The predicted molar refractivity (Wildman–Crippen MR) is 60.9 cm³/mol. The molecule has 0 atom stereocenters. The van der Waals surface area contributed by atoms with Crippen molar-refractivity contribution in [1.82, 2.24) is 0 Å². The molecule has 0 unspecified atom stereocenters. The third kappa shape index (κ3) is 10.7. The fourth-order valence-corrected chi connectivity index (χ4v) is 1.11. The Hall–Kier alpha value is -1.57. The summed E-state index contributed by atoms with van der Waals surface area (Å²) in [6.07, 6.45) is 2.88. The number of hydrogen-bond acceptors (Lipinski definition) is 5. The standard InChI is InChI=1S/C12H19NO4/c1-2-9-16-11(14)6-3-4-7-12(15)17-10-5-8-13/h2-7,9-10H2,1H3. The van der Waals surface area contributed by atoms with Crippen molar-refractivity contribution in [3.63, 3.8) is 0 Å². The van der Waals surface area contributed by atoms with Crippen molar-refractivity contribution < 1.29 is 19.1 Å². The molecule has 0 aromatic heterocycles. The Balaban J connectivity index is 3.35. The van der Waals surface area contributed by atoms with Gasteiger partial charge in [0.2, 0.25) is 0 Å². The van der Waals surface area contributed by atoms with Gasteiger partial charge in [-0.1, -0.05) is 6.92 Å². The van der Waals surface area contributed by atoms with Crippen molar-refractivity contribution in [3.8, 4) is 6.07 Å². The average Bonchev–Trinajstić information content (AvgIpc) is 2.32. The highest BCUT2D eigenvalue weighted by molar-refractivity contribution is 5.70. The average molecular weight is 241 g/mol. The number of unbranched alkanes of at least 4 members (excludes halogenated alkanes) is 1. The minimum absolute atomic E-state index is 0.147. The first-order valence-electron chi connectivity index (χ1n) is 5.89. The molecule has 0 fully saturated rings. The minimum atomic E-state index is -0.317. The van der Waals surface area contributed by atoms with E-state index < -0.39 is 0 Å². The topological polar surface area (TPSA) is 76.4 Å². The second-order valence-electron chi connectivity index (χ2n) is 3.56. The van der Waals surface area contributed by atoms with Crippen LogP contribution in [0.4, 0.5) is 0 Å². The summed E-state index contributed by atoms with van der Waals surface area (Å²) in [4.78, 5) is 22.2. The highest BCUT2D eigenvalue weighted by Crippen LogP contribution is 2.03. The van der Waals surface area contributed by atoms with Gasteiger partial charge in [0, 0.05) is 12.8 Å². The van der Waals surface area contributed by atoms with Gasteiger partial charge in [-0.05, 0) is 19.3 Å². The van der Waals surface area contributed by atoms with Gasteiger partial charge >= 0.3 is 11.9 Å². The van der Waals surface area contributed by atoms with Crippen LogP contribution in [0.25, 0.3) is 0 Å². The molecule has 0 spiro atoms. The molecule has 0 aromatic rings. The van der Waals surface area contributed by atoms with E-state index in [2.05, 4.69) is 0 Å². The predicted octanol–water partition coefficient (Wildman–Crippen LogP) is 1.96. The molecule has 0 aliphatic rings. The van der Waals surface area contributed by atoms with Crippen LogP contribution in [0, 0.1) is 11.3 Å². The van der Waals surface area contributed by atoms with Crippen LogP contribution in [0.2, 0.25) is 0 Å². The largest absolute Gasteiger partial charge is 0.466 e. The van der Waals surface area contributed by atoms with Gasteiger partial charge in [0.05, 0.1) is 19.1 Å². The molecule has 0 bridgehead atoms. The van der Waals surface area contributed by atoms with Crippen LogP contribution in [0.3, 0.4) is 0 Å². The second-order valence-corrected chi connectivity index (χ2v) is 3.56. The van der Waals surface area contributed by atoms with Crippen molar-refractivity contribution in [2.75, 3.05) is 13.2 Å². The first-order valence-corrected chi connectivity index (χ1v) is 5.89. The number of hydrogen-bond donors (Lipinski definition) is 0. The number of esters is 2. The zero-order chi connectivity index (χ0) is 12.9. The maximum atomic E-state index is 11.1. The normalized spacial score (nSPS) is 9.41. The zero-order valence-electron chi connectivity index (χ0n) is 10.2. The molecule has 5 nitrogen and oxygen atoms in total. The highest BCUT2D eigenvalue weighted by Gasteiger charge is 2.05. The molecule has 0 aliphatic heterocycles. The van der Waals surface area contributed by atoms with Crippen molar-refractivity contribution in [1.29, 1.82) is 5.26 Å². The van der Waals surface area contributed by atoms with E-state index in [0.29, 0.717) is 25.9 Å². The highest BCUT2D eigenvalue weighted by atomic mass is 16.5. The van der Waals surface area contributed by atoms with E-state index in [9.17, 15) is 9.59 Å². The maximum Gasteiger partial charge on any atom is 0.305 e. The molecular weight excluding hydrogens is 222 g/mol. The van der Waals surface area contributed by atoms with E-state index in [-0.39, 0.29) is 31.4 Å². The number of carbonyl (C=O) groups is 2. The van der Waals surface area contributed by atoms with E-state index in [1.54, 1.807) is 0 Å². The van der Waals surface area contributed by atoms with E-state index in [0.717, 1.165) is 6.42 Å². The minimum Gasteiger partial charge on any atom is -0.466 e. The second kappa shape index (κ2) is 10.9. The molecule has 17 heavy (non-hydrogen) atoms. The number of nitriles is 1. The van der Waals surface area contributed by atoms with Gasteiger partial charge < -0.3 is 9.47 Å². The maximum absolute atomic E-state index is 11.1. The lowest BCUT2D eigenvalue weighted by molar-refractivity contribution is -0.145. The van der Waals surface area contributed by atoms with Gasteiger partial charge in [-0.25, -0.2) is 0 Å². The Morgan fingerprint density at radius 3 is 2.06 bits per heavy atom. The Bertz CT molecular complexity index is 270. The Morgan fingerprint density at radius 1 is 1.06 bits per heavy atom.